The molecule has 0 unspecified atom stereocenters. The van der Waals surface area contributed by atoms with Crippen molar-refractivity contribution in [2.45, 2.75) is 84.5 Å². The molecular weight excluding hydrogens is 376 g/mol. The number of hydrogen-bond acceptors (Lipinski definition) is 4. The van der Waals surface area contributed by atoms with Crippen molar-refractivity contribution in [3.05, 3.63) is 16.0 Å². The third-order valence-corrected chi connectivity index (χ3v) is 6.40. The van der Waals surface area contributed by atoms with Crippen molar-refractivity contribution in [2.75, 3.05) is 18.5 Å². The lowest BCUT2D eigenvalue weighted by molar-refractivity contribution is 0.0527. The fraction of sp³-hybridized carbons (Fsp3) is 0.714. The van der Waals surface area contributed by atoms with Gasteiger partial charge in [0.15, 0.2) is 5.11 Å². The first-order valence-corrected chi connectivity index (χ1v) is 11.8. The molecule has 1 aromatic heterocycles. The van der Waals surface area contributed by atoms with Crippen molar-refractivity contribution in [3.8, 4) is 0 Å². The Morgan fingerprint density at radius 3 is 2.59 bits per heavy atom. The van der Waals surface area contributed by atoms with Crippen LogP contribution in [-0.4, -0.2) is 24.2 Å². The number of aryl methyl sites for hydroxylation is 1. The van der Waals surface area contributed by atoms with E-state index in [4.69, 9.17) is 17.0 Å². The molecule has 152 valence electrons. The third kappa shape index (κ3) is 7.07. The van der Waals surface area contributed by atoms with E-state index in [1.807, 2.05) is 6.92 Å². The maximum atomic E-state index is 12.6. The molecule has 0 fully saturated rings. The van der Waals surface area contributed by atoms with E-state index >= 15 is 0 Å². The summed E-state index contributed by atoms with van der Waals surface area (Å²) in [4.78, 5) is 13.9. The van der Waals surface area contributed by atoms with Gasteiger partial charge in [-0.2, -0.15) is 0 Å². The van der Waals surface area contributed by atoms with Gasteiger partial charge in [-0.3, -0.25) is 0 Å². The molecule has 1 aliphatic carbocycles. The lowest BCUT2D eigenvalue weighted by Gasteiger charge is -2.11. The van der Waals surface area contributed by atoms with Gasteiger partial charge in [-0.15, -0.1) is 11.3 Å². The van der Waals surface area contributed by atoms with E-state index in [1.54, 1.807) is 11.3 Å². The minimum Gasteiger partial charge on any atom is -0.462 e. The largest absolute Gasteiger partial charge is 0.462 e. The number of rotatable bonds is 10. The molecule has 0 aliphatic heterocycles. The number of thiophene rings is 1. The third-order valence-electron chi connectivity index (χ3n) is 4.94. The van der Waals surface area contributed by atoms with Gasteiger partial charge in [-0.25, -0.2) is 4.79 Å². The van der Waals surface area contributed by atoms with Gasteiger partial charge in [0, 0.05) is 11.4 Å². The second-order valence-corrected chi connectivity index (χ2v) is 8.65. The molecule has 6 heteroatoms. The molecule has 0 amide bonds. The summed E-state index contributed by atoms with van der Waals surface area (Å²) in [7, 11) is 0. The highest BCUT2D eigenvalue weighted by atomic mass is 32.1. The quantitative estimate of drug-likeness (QED) is 0.220. The predicted molar refractivity (Wildman–Crippen MR) is 119 cm³/mol. The van der Waals surface area contributed by atoms with Crippen LogP contribution in [0.2, 0.25) is 0 Å². The van der Waals surface area contributed by atoms with Crippen LogP contribution in [0.1, 0.15) is 92.4 Å². The smallest absolute Gasteiger partial charge is 0.341 e. The Kier molecular flexibility index (Phi) is 10.1. The van der Waals surface area contributed by atoms with Crippen LogP contribution in [0.25, 0.3) is 0 Å². The number of carbonyl (C=O) groups is 1. The van der Waals surface area contributed by atoms with Crippen LogP contribution in [0.5, 0.6) is 0 Å². The summed E-state index contributed by atoms with van der Waals surface area (Å²) < 4.78 is 5.32. The van der Waals surface area contributed by atoms with Gasteiger partial charge in [-0.05, 0) is 56.8 Å². The number of unbranched alkanes of at least 4 members (excludes halogenated alkanes) is 5. The molecule has 0 aromatic carbocycles. The molecule has 0 radical (unpaired) electrons. The van der Waals surface area contributed by atoms with Crippen molar-refractivity contribution in [2.24, 2.45) is 0 Å². The van der Waals surface area contributed by atoms with E-state index in [0.29, 0.717) is 17.3 Å². The predicted octanol–water partition coefficient (Wildman–Crippen LogP) is 5.84. The van der Waals surface area contributed by atoms with Gasteiger partial charge >= 0.3 is 5.97 Å². The zero-order chi connectivity index (χ0) is 19.5. The maximum absolute atomic E-state index is 12.6. The normalized spacial score (nSPS) is 13.6. The topological polar surface area (TPSA) is 50.4 Å². The number of fused-ring (bicyclic) bond motifs is 1. The Morgan fingerprint density at radius 2 is 1.81 bits per heavy atom. The summed E-state index contributed by atoms with van der Waals surface area (Å²) in [5, 5.41) is 8.01. The molecule has 1 heterocycles. The number of nitrogens with one attached hydrogen (secondary N) is 2. The van der Waals surface area contributed by atoms with Gasteiger partial charge in [0.05, 0.1) is 12.2 Å². The summed E-state index contributed by atoms with van der Waals surface area (Å²) in [5.41, 5.74) is 1.89. The number of esters is 1. The molecular formula is C21H34N2O2S2. The molecule has 0 atom stereocenters. The highest BCUT2D eigenvalue weighted by Crippen LogP contribution is 2.38. The van der Waals surface area contributed by atoms with E-state index in [9.17, 15) is 4.79 Å². The summed E-state index contributed by atoms with van der Waals surface area (Å²) in [6.45, 7) is 5.35. The Balaban J connectivity index is 1.92. The number of anilines is 1. The van der Waals surface area contributed by atoms with Crippen LogP contribution in [0, 0.1) is 0 Å². The first-order chi connectivity index (χ1) is 13.2. The second kappa shape index (κ2) is 12.3. The van der Waals surface area contributed by atoms with Crippen LogP contribution in [0.15, 0.2) is 0 Å². The lowest BCUT2D eigenvalue weighted by atomic mass is 10.1. The SMILES string of the molecule is CCCCCCCCNC(=S)Nc1sc2c(c1C(=O)OCC)CCCCC2. The average molecular weight is 411 g/mol. The van der Waals surface area contributed by atoms with Gasteiger partial charge in [0.1, 0.15) is 5.00 Å². The first-order valence-electron chi connectivity index (χ1n) is 10.5. The van der Waals surface area contributed by atoms with E-state index in [-0.39, 0.29) is 5.97 Å². The Bertz CT molecular complexity index is 614. The molecule has 0 saturated carbocycles. The van der Waals surface area contributed by atoms with Crippen molar-refractivity contribution in [1.82, 2.24) is 5.32 Å². The van der Waals surface area contributed by atoms with Gasteiger partial charge in [0.2, 0.25) is 0 Å². The van der Waals surface area contributed by atoms with E-state index in [1.165, 1.54) is 55.4 Å². The standard InChI is InChI=1S/C21H34N2O2S2/c1-3-5-6-7-8-12-15-22-21(26)23-19-18(20(24)25-4-2)16-13-10-9-11-14-17(16)27-19/h3-15H2,1-2H3,(H2,22,23,26). The van der Waals surface area contributed by atoms with Crippen LogP contribution in [0.4, 0.5) is 5.00 Å². The summed E-state index contributed by atoms with van der Waals surface area (Å²) >= 11 is 7.14. The fourth-order valence-corrected chi connectivity index (χ4v) is 5.06. The highest BCUT2D eigenvalue weighted by Gasteiger charge is 2.26. The zero-order valence-corrected chi connectivity index (χ0v) is 18.5. The average Bonchev–Trinajstić information content (AvgIpc) is 2.82. The second-order valence-electron chi connectivity index (χ2n) is 7.14. The van der Waals surface area contributed by atoms with Crippen LogP contribution in [-0.2, 0) is 17.6 Å². The Hall–Kier alpha value is -1.14. The van der Waals surface area contributed by atoms with Gasteiger partial charge in [0.25, 0.3) is 0 Å². The number of ether oxygens (including phenoxy) is 1. The van der Waals surface area contributed by atoms with Gasteiger partial charge in [-0.1, -0.05) is 45.4 Å². The van der Waals surface area contributed by atoms with Crippen molar-refractivity contribution in [1.29, 1.82) is 0 Å². The highest BCUT2D eigenvalue weighted by molar-refractivity contribution is 7.80. The summed E-state index contributed by atoms with van der Waals surface area (Å²) in [6, 6.07) is 0. The number of hydrogen-bond donors (Lipinski definition) is 2. The van der Waals surface area contributed by atoms with E-state index < -0.39 is 0 Å². The molecule has 2 rings (SSSR count). The fourth-order valence-electron chi connectivity index (χ4n) is 3.50. The van der Waals surface area contributed by atoms with Gasteiger partial charge < -0.3 is 15.4 Å². The molecule has 0 saturated heterocycles. The van der Waals surface area contributed by atoms with Crippen molar-refractivity contribution >= 4 is 39.6 Å². The molecule has 0 spiro atoms. The minimum absolute atomic E-state index is 0.224. The Labute approximate surface area is 173 Å². The molecule has 4 nitrogen and oxygen atoms in total. The van der Waals surface area contributed by atoms with Crippen molar-refractivity contribution < 1.29 is 9.53 Å². The molecule has 1 aliphatic rings. The lowest BCUT2D eigenvalue weighted by Crippen LogP contribution is -2.29. The summed E-state index contributed by atoms with van der Waals surface area (Å²) in [5.74, 6) is -0.224. The summed E-state index contributed by atoms with van der Waals surface area (Å²) in [6.07, 6.45) is 13.1. The number of thiocarbonyl (C=S) groups is 1. The van der Waals surface area contributed by atoms with Crippen LogP contribution in [0.3, 0.4) is 0 Å². The minimum atomic E-state index is -0.224. The van der Waals surface area contributed by atoms with Crippen molar-refractivity contribution in [3.63, 3.8) is 0 Å². The Morgan fingerprint density at radius 1 is 1.07 bits per heavy atom. The number of carbonyl (C=O) groups excluding carboxylic acids is 1. The molecule has 27 heavy (non-hydrogen) atoms. The first kappa shape index (κ1) is 22.2. The molecule has 2 N–H and O–H groups in total. The zero-order valence-electron chi connectivity index (χ0n) is 16.8. The van der Waals surface area contributed by atoms with E-state index in [2.05, 4.69) is 17.6 Å². The van der Waals surface area contributed by atoms with Crippen LogP contribution >= 0.6 is 23.6 Å². The van der Waals surface area contributed by atoms with Crippen LogP contribution < -0.4 is 10.6 Å². The molecule has 1 aromatic rings. The van der Waals surface area contributed by atoms with E-state index in [0.717, 1.165) is 37.2 Å². The maximum Gasteiger partial charge on any atom is 0.341 e. The molecule has 0 bridgehead atoms. The monoisotopic (exact) mass is 410 g/mol.